The first-order valence-corrected chi connectivity index (χ1v) is 14.2. The summed E-state index contributed by atoms with van der Waals surface area (Å²) in [6, 6.07) is 21.7. The fraction of sp³-hybridized carbons (Fsp3) is 0.300. The molecular formula is C30H32Cl2N4O4S. The third-order valence-electron chi connectivity index (χ3n) is 7.07. The number of nitrogens with one attached hydrogen (secondary N) is 2. The van der Waals surface area contributed by atoms with Gasteiger partial charge >= 0.3 is 0 Å². The molecule has 3 heterocycles. The van der Waals surface area contributed by atoms with Crippen molar-refractivity contribution in [3.8, 4) is 17.2 Å². The lowest BCUT2D eigenvalue weighted by atomic mass is 10.1. The summed E-state index contributed by atoms with van der Waals surface area (Å²) in [5.74, 6) is 2.80. The van der Waals surface area contributed by atoms with Gasteiger partial charge in [-0.25, -0.2) is 4.98 Å². The molecule has 41 heavy (non-hydrogen) atoms. The Hall–Kier alpha value is -3.40. The van der Waals surface area contributed by atoms with E-state index < -0.39 is 0 Å². The van der Waals surface area contributed by atoms with E-state index in [-0.39, 0.29) is 47.3 Å². The molecule has 2 saturated heterocycles. The molecule has 2 aliphatic heterocycles. The lowest BCUT2D eigenvalue weighted by Gasteiger charge is -2.30. The number of piperidine rings is 1. The quantitative estimate of drug-likeness (QED) is 0.216. The number of aromatic amines is 1. The van der Waals surface area contributed by atoms with Crippen molar-refractivity contribution in [1.29, 1.82) is 0 Å². The Morgan fingerprint density at radius 3 is 2.44 bits per heavy atom. The molecule has 2 aliphatic rings. The number of aromatic nitrogens is 2. The van der Waals surface area contributed by atoms with Gasteiger partial charge in [-0.05, 0) is 74.6 Å². The number of H-pyrrole nitrogens is 1. The molecule has 1 aromatic heterocycles. The van der Waals surface area contributed by atoms with Crippen LogP contribution in [0.15, 0.2) is 66.7 Å². The van der Waals surface area contributed by atoms with E-state index in [1.807, 2.05) is 61.5 Å². The van der Waals surface area contributed by atoms with E-state index in [9.17, 15) is 9.59 Å². The zero-order valence-electron chi connectivity index (χ0n) is 22.5. The molecule has 8 nitrogen and oxygen atoms in total. The highest BCUT2D eigenvalue weighted by Crippen LogP contribution is 2.35. The van der Waals surface area contributed by atoms with Crippen molar-refractivity contribution in [2.45, 2.75) is 44.0 Å². The highest BCUT2D eigenvalue weighted by Gasteiger charge is 2.31. The van der Waals surface area contributed by atoms with Gasteiger partial charge in [-0.2, -0.15) is 0 Å². The van der Waals surface area contributed by atoms with Crippen LogP contribution in [0.1, 0.15) is 43.7 Å². The predicted octanol–water partition coefficient (Wildman–Crippen LogP) is 7.22. The number of ether oxygens (including phenoxy) is 2. The minimum absolute atomic E-state index is 0. The second-order valence-electron chi connectivity index (χ2n) is 9.91. The zero-order chi connectivity index (χ0) is 26.8. The van der Waals surface area contributed by atoms with Gasteiger partial charge in [0.2, 0.25) is 5.91 Å². The van der Waals surface area contributed by atoms with Gasteiger partial charge in [0.25, 0.3) is 5.24 Å². The smallest absolute Gasteiger partial charge is 0.286 e. The molecule has 2 N–H and O–H groups in total. The maximum Gasteiger partial charge on any atom is 0.286 e. The number of imide groups is 1. The number of hydrogen-bond acceptors (Lipinski definition) is 7. The zero-order valence-corrected chi connectivity index (χ0v) is 24.9. The molecule has 0 aliphatic carbocycles. The Kier molecular flexibility index (Phi) is 10.1. The summed E-state index contributed by atoms with van der Waals surface area (Å²) in [5, 5.41) is 1.66. The number of amides is 2. The van der Waals surface area contributed by atoms with Crippen LogP contribution >= 0.6 is 36.6 Å². The molecule has 2 unspecified atom stereocenters. The molecule has 0 bridgehead atoms. The van der Waals surface area contributed by atoms with Crippen LogP contribution in [0.2, 0.25) is 0 Å². The normalized spacial score (nSPS) is 17.4. The van der Waals surface area contributed by atoms with E-state index in [1.54, 1.807) is 0 Å². The van der Waals surface area contributed by atoms with Gasteiger partial charge < -0.3 is 19.4 Å². The summed E-state index contributed by atoms with van der Waals surface area (Å²) >= 11 is 1.04. The Morgan fingerprint density at radius 2 is 1.71 bits per heavy atom. The average Bonchev–Trinajstić information content (AvgIpc) is 3.52. The largest absolute Gasteiger partial charge is 0.483 e. The lowest BCUT2D eigenvalue weighted by molar-refractivity contribution is -0.118. The van der Waals surface area contributed by atoms with Crippen molar-refractivity contribution in [2.75, 3.05) is 18.0 Å². The summed E-state index contributed by atoms with van der Waals surface area (Å²) in [5.41, 5.74) is 3.82. The summed E-state index contributed by atoms with van der Waals surface area (Å²) < 4.78 is 12.5. The summed E-state index contributed by atoms with van der Waals surface area (Å²) in [6.45, 7) is 4.06. The molecule has 2 fully saturated rings. The van der Waals surface area contributed by atoms with Crippen LogP contribution in [0.4, 0.5) is 10.5 Å². The molecule has 216 valence electrons. The van der Waals surface area contributed by atoms with Crippen LogP contribution in [0.25, 0.3) is 11.0 Å². The number of carbonyl (C=O) groups excluding carboxylic acids is 2. The molecule has 0 saturated carbocycles. The first-order chi connectivity index (χ1) is 19.0. The predicted molar refractivity (Wildman–Crippen MR) is 167 cm³/mol. The van der Waals surface area contributed by atoms with Crippen molar-refractivity contribution in [1.82, 2.24) is 15.3 Å². The van der Waals surface area contributed by atoms with Crippen LogP contribution in [-0.2, 0) is 11.2 Å². The number of rotatable bonds is 8. The van der Waals surface area contributed by atoms with Crippen molar-refractivity contribution < 1.29 is 19.1 Å². The van der Waals surface area contributed by atoms with Gasteiger partial charge in [0.15, 0.2) is 11.9 Å². The van der Waals surface area contributed by atoms with Gasteiger partial charge in [0.05, 0.1) is 22.0 Å². The number of anilines is 1. The standard InChI is InChI=1S/C30H30N4O4S.2ClH/c1-19(37-21-11-9-20(10-12-21)17-27-29(35)33-30(36)39-27)28-31-23-14-13-22(18-24(23)32-28)38-26-8-4-3-7-25(26)34-15-5-2-6-16-34;;/h3-4,7-14,18-19,27H,2,5-6,15-17H2,1H3,(H,31,32)(H,33,35,36);2*1H. The highest BCUT2D eigenvalue weighted by molar-refractivity contribution is 8.15. The van der Waals surface area contributed by atoms with Crippen LogP contribution in [0.3, 0.4) is 0 Å². The second kappa shape index (κ2) is 13.5. The maximum absolute atomic E-state index is 11.8. The van der Waals surface area contributed by atoms with E-state index in [1.165, 1.54) is 19.3 Å². The number of thioether (sulfide) groups is 1. The van der Waals surface area contributed by atoms with Crippen LogP contribution < -0.4 is 19.7 Å². The monoisotopic (exact) mass is 614 g/mol. The Morgan fingerprint density at radius 1 is 0.976 bits per heavy atom. The molecule has 4 aromatic rings. The molecule has 0 spiro atoms. The van der Waals surface area contributed by atoms with Gasteiger partial charge in [0, 0.05) is 19.2 Å². The Bertz CT molecular complexity index is 1510. The summed E-state index contributed by atoms with van der Waals surface area (Å²) in [7, 11) is 0. The number of imidazole rings is 1. The van der Waals surface area contributed by atoms with Gasteiger partial charge in [-0.3, -0.25) is 14.9 Å². The second-order valence-corrected chi connectivity index (χ2v) is 11.1. The van der Waals surface area contributed by atoms with Crippen LogP contribution in [0, 0.1) is 0 Å². The number of benzene rings is 3. The van der Waals surface area contributed by atoms with Crippen LogP contribution in [0.5, 0.6) is 17.2 Å². The van der Waals surface area contributed by atoms with Crippen molar-refractivity contribution in [2.24, 2.45) is 0 Å². The molecule has 11 heteroatoms. The third kappa shape index (κ3) is 7.09. The molecular weight excluding hydrogens is 583 g/mol. The van der Waals surface area contributed by atoms with Gasteiger partial charge in [-0.15, -0.1) is 24.8 Å². The minimum Gasteiger partial charge on any atom is -0.483 e. The SMILES string of the molecule is CC(Oc1ccc(CC2SC(=O)NC2=O)cc1)c1nc2ccc(Oc3ccccc3N3CCCCC3)cc2[nH]1.Cl.Cl. The minimum atomic E-state index is -0.383. The van der Waals surface area contributed by atoms with E-state index in [2.05, 4.69) is 27.3 Å². The van der Waals surface area contributed by atoms with Gasteiger partial charge in [0.1, 0.15) is 17.3 Å². The van der Waals surface area contributed by atoms with Gasteiger partial charge in [-0.1, -0.05) is 36.0 Å². The molecule has 2 atom stereocenters. The topological polar surface area (TPSA) is 96.5 Å². The molecule has 6 rings (SSSR count). The summed E-state index contributed by atoms with van der Waals surface area (Å²) in [6.07, 6.45) is 3.90. The Labute approximate surface area is 255 Å². The first kappa shape index (κ1) is 30.6. The number of halogens is 2. The lowest BCUT2D eigenvalue weighted by Crippen LogP contribution is -2.29. The average molecular weight is 616 g/mol. The summed E-state index contributed by atoms with van der Waals surface area (Å²) in [4.78, 5) is 33.7. The first-order valence-electron chi connectivity index (χ1n) is 13.3. The van der Waals surface area contributed by atoms with Crippen molar-refractivity contribution in [3.05, 3.63) is 78.1 Å². The van der Waals surface area contributed by atoms with Crippen LogP contribution in [-0.4, -0.2) is 39.5 Å². The number of hydrogen-bond donors (Lipinski definition) is 2. The molecule has 2 amide bonds. The van der Waals surface area contributed by atoms with E-state index in [0.29, 0.717) is 12.2 Å². The fourth-order valence-corrected chi connectivity index (χ4v) is 5.90. The van der Waals surface area contributed by atoms with Crippen molar-refractivity contribution in [3.63, 3.8) is 0 Å². The van der Waals surface area contributed by atoms with Crippen molar-refractivity contribution >= 4 is 64.4 Å². The van der Waals surface area contributed by atoms with E-state index >= 15 is 0 Å². The highest BCUT2D eigenvalue weighted by atomic mass is 35.5. The number of nitrogens with zero attached hydrogens (tertiary/aromatic N) is 2. The maximum atomic E-state index is 11.8. The number of carbonyl (C=O) groups is 2. The molecule has 0 radical (unpaired) electrons. The van der Waals surface area contributed by atoms with E-state index in [0.717, 1.165) is 64.5 Å². The number of para-hydroxylation sites is 2. The Balaban J connectivity index is 0.00000194. The number of fused-ring (bicyclic) bond motifs is 1. The van der Waals surface area contributed by atoms with E-state index in [4.69, 9.17) is 14.5 Å². The molecule has 3 aromatic carbocycles. The fourth-order valence-electron chi connectivity index (χ4n) is 5.04. The third-order valence-corrected chi connectivity index (χ3v) is 8.05.